The van der Waals surface area contributed by atoms with Crippen LogP contribution in [0.25, 0.3) is 21.3 Å². The number of hydrogen-bond acceptors (Lipinski definition) is 21. The van der Waals surface area contributed by atoms with E-state index in [0.29, 0.717) is 70.5 Å². The number of para-hydroxylation sites is 1. The van der Waals surface area contributed by atoms with Crippen molar-refractivity contribution in [3.63, 3.8) is 0 Å². The SMILES string of the molecule is Cc1c(-c2ccc(N3CCn4cnc(C(=O)Nc5nc6ccccc6s5)c4C3)nc2C(=O)O)cnn1CC12CC3(C)CC(C)(C1)CC(OCCCC(=O)OCc1ccc(CC(=O)[C@H](C)NC(=O)[C@@H](NC(=O)CN4C(=O)C=CC4=O)C(C)C)cc1CC[C@@H]1O[C@H](C(=O)O)[C@@H](O)[C@H](O)[C@H]1O)(C3)C2. The molecule has 29 heteroatoms. The van der Waals surface area contributed by atoms with Gasteiger partial charge in [0.05, 0.1) is 52.7 Å². The molecule has 5 fully saturated rings. The van der Waals surface area contributed by atoms with Gasteiger partial charge in [-0.05, 0) is 135 Å². The average molecular weight is 1390 g/mol. The monoisotopic (exact) mass is 1390 g/mol. The Morgan fingerprint density at radius 1 is 0.820 bits per heavy atom. The molecular weight excluding hydrogens is 1310 g/mol. The molecule has 1 saturated heterocycles. The normalized spacial score (nSPS) is 25.8. The number of Topliss-reactive ketones (excluding diaryl/α,β-unsaturated/α-hetero) is 1. The minimum Gasteiger partial charge on any atom is -0.479 e. The molecule has 13 rings (SSSR count). The predicted octanol–water partition coefficient (Wildman–Crippen LogP) is 5.24. The lowest BCUT2D eigenvalue weighted by molar-refractivity contribution is -0.248. The van der Waals surface area contributed by atoms with Crippen LogP contribution in [0, 0.1) is 29.1 Å². The third-order valence-electron chi connectivity index (χ3n) is 20.5. The maximum absolute atomic E-state index is 13.8. The lowest BCUT2D eigenvalue weighted by atomic mass is 9.39. The number of imidazole rings is 1. The van der Waals surface area contributed by atoms with Gasteiger partial charge in [0, 0.05) is 68.1 Å². The number of hydrogen-bond donors (Lipinski definition) is 8. The van der Waals surface area contributed by atoms with Crippen LogP contribution in [0.15, 0.2) is 79.3 Å². The van der Waals surface area contributed by atoms with Gasteiger partial charge in [-0.25, -0.2) is 24.5 Å². The number of thiazole rings is 1. The second-order valence-electron chi connectivity index (χ2n) is 29.1. The summed E-state index contributed by atoms with van der Waals surface area (Å²) in [7, 11) is 0. The van der Waals surface area contributed by atoms with Gasteiger partial charge in [0.2, 0.25) is 11.8 Å². The number of imide groups is 1. The fraction of sp³-hybridized carbons (Fsp3) is 0.507. The average Bonchev–Trinajstić information content (AvgIpc) is 1.43. The van der Waals surface area contributed by atoms with E-state index in [0.717, 1.165) is 71.5 Å². The predicted molar refractivity (Wildman–Crippen MR) is 360 cm³/mol. The van der Waals surface area contributed by atoms with Crippen LogP contribution in [0.5, 0.6) is 0 Å². The maximum atomic E-state index is 13.8. The van der Waals surface area contributed by atoms with Crippen molar-refractivity contribution in [3.8, 4) is 11.1 Å². The number of aliphatic hydroxyl groups excluding tert-OH is 3. The highest BCUT2D eigenvalue weighted by molar-refractivity contribution is 7.22. The van der Waals surface area contributed by atoms with Gasteiger partial charge in [0.15, 0.2) is 28.4 Å². The number of nitrogens with zero attached hydrogens (tertiary/aromatic N) is 8. The second-order valence-corrected chi connectivity index (χ2v) is 30.1. The van der Waals surface area contributed by atoms with Crippen LogP contribution in [0.1, 0.15) is 141 Å². The Kier molecular flexibility index (Phi) is 19.9. The number of benzene rings is 2. The van der Waals surface area contributed by atoms with Gasteiger partial charge in [-0.15, -0.1) is 0 Å². The fourth-order valence-electron chi connectivity index (χ4n) is 16.9. The molecule has 9 atom stereocenters. The van der Waals surface area contributed by atoms with E-state index in [4.69, 9.17) is 24.3 Å². The standard InChI is InChI=1S/C71H83N11O17S/c1-38(2)56(77-52(84)28-81-53(85)19-20-54(81)86)63(91)74-39(3)48(83)25-41-13-14-43(42(24-41)15-17-49-59(88)60(89)61(90)62(99-49)66(95)96)29-97-55(87)12-9-23-98-71-33-68(5)30-69(6,34-71)32-70(31-68,35-71)36-82-40(4)45(26-73-82)44-16-18-51(76-57(44)65(93)94)79-21-22-80-37-72-58(47(80)27-79)64(92)78-67-75-46-10-7-8-11-50(46)100-67/h7-8,10-11,13-14,16,18-20,24,26,37-39,49,56,59-62,88-90H,9,12,15,17,21-23,25,27-36H2,1-6H3,(H,74,91)(H,77,84)(H,93,94)(H,95,96)(H,75,78,92)/t39-,49-,56-,59-,60+,61-,62-,68?,69?,70?,71?/m0/s1. The number of nitrogens with one attached hydrogen (secondary N) is 3. The molecule has 7 aliphatic rings. The molecule has 100 heavy (non-hydrogen) atoms. The Hall–Kier alpha value is -9.13. The highest BCUT2D eigenvalue weighted by Crippen LogP contribution is 2.72. The minimum atomic E-state index is -1.90. The zero-order chi connectivity index (χ0) is 71.3. The molecule has 530 valence electrons. The zero-order valence-corrected chi connectivity index (χ0v) is 57.3. The first-order valence-corrected chi connectivity index (χ1v) is 34.5. The summed E-state index contributed by atoms with van der Waals surface area (Å²) in [6, 6.07) is 14.0. The number of esters is 1. The largest absolute Gasteiger partial charge is 0.479 e. The number of ketones is 1. The Balaban J connectivity index is 0.671. The van der Waals surface area contributed by atoms with E-state index >= 15 is 0 Å². The van der Waals surface area contributed by atoms with E-state index in [-0.39, 0.29) is 73.1 Å². The molecule has 3 aliphatic heterocycles. The zero-order valence-electron chi connectivity index (χ0n) is 56.5. The number of carbonyl (C=O) groups is 9. The Labute approximate surface area is 579 Å². The van der Waals surface area contributed by atoms with Crippen LogP contribution >= 0.6 is 11.3 Å². The Bertz CT molecular complexity index is 4200. The summed E-state index contributed by atoms with van der Waals surface area (Å²) in [4.78, 5) is 133. The number of carboxylic acids is 2. The van der Waals surface area contributed by atoms with Crippen molar-refractivity contribution in [1.29, 1.82) is 0 Å². The van der Waals surface area contributed by atoms with Crippen molar-refractivity contribution in [2.75, 3.05) is 29.9 Å². The van der Waals surface area contributed by atoms with E-state index < -0.39 is 114 Å². The summed E-state index contributed by atoms with van der Waals surface area (Å²) < 4.78 is 23.3. The number of carbonyl (C=O) groups excluding carboxylic acids is 7. The fourth-order valence-corrected chi connectivity index (χ4v) is 17.7. The number of aliphatic hydroxyl groups is 3. The molecule has 8 N–H and O–H groups in total. The van der Waals surface area contributed by atoms with Crippen LogP contribution in [0.3, 0.4) is 0 Å². The number of aliphatic carboxylic acids is 1. The number of aromatic nitrogens is 6. The Morgan fingerprint density at radius 2 is 1.56 bits per heavy atom. The van der Waals surface area contributed by atoms with E-state index in [2.05, 4.69) is 39.8 Å². The summed E-state index contributed by atoms with van der Waals surface area (Å²) >= 11 is 1.37. The molecule has 2 unspecified atom stereocenters. The van der Waals surface area contributed by atoms with E-state index in [1.807, 2.05) is 51.4 Å². The number of aromatic carboxylic acids is 1. The molecule has 4 saturated carbocycles. The molecule has 0 spiro atoms. The minimum absolute atomic E-state index is 0.0238. The van der Waals surface area contributed by atoms with Crippen molar-refractivity contribution >= 4 is 85.7 Å². The van der Waals surface area contributed by atoms with Gasteiger partial charge in [-0.1, -0.05) is 69.4 Å². The van der Waals surface area contributed by atoms with Gasteiger partial charge in [-0.3, -0.25) is 48.5 Å². The topological polar surface area (TPSA) is 386 Å². The number of aryl methyl sites for hydroxylation is 1. The molecule has 6 aromatic rings. The van der Waals surface area contributed by atoms with E-state index in [9.17, 15) is 68.7 Å². The van der Waals surface area contributed by atoms with Crippen molar-refractivity contribution in [1.82, 2.24) is 44.8 Å². The quantitative estimate of drug-likeness (QED) is 0.0186. The number of ether oxygens (including phenoxy) is 3. The number of amides is 5. The number of carboxylic acid groups (broad SMARTS) is 2. The summed E-state index contributed by atoms with van der Waals surface area (Å²) in [5.41, 5.74) is 4.25. The second kappa shape index (κ2) is 28.1. The van der Waals surface area contributed by atoms with Crippen LogP contribution in [-0.2, 0) is 86.9 Å². The smallest absolute Gasteiger partial charge is 0.355 e. The van der Waals surface area contributed by atoms with Gasteiger partial charge >= 0.3 is 17.9 Å². The first kappa shape index (κ1) is 70.7. The van der Waals surface area contributed by atoms with Gasteiger partial charge < -0.3 is 59.8 Å². The number of fused-ring (bicyclic) bond motifs is 2. The van der Waals surface area contributed by atoms with Crippen molar-refractivity contribution < 1.29 is 82.9 Å². The summed E-state index contributed by atoms with van der Waals surface area (Å²) in [5, 5.41) is 65.7. The van der Waals surface area contributed by atoms with E-state index in [1.165, 1.54) is 18.3 Å². The number of pyridine rings is 1. The summed E-state index contributed by atoms with van der Waals surface area (Å²) in [6.07, 6.45) is 2.59. The van der Waals surface area contributed by atoms with Crippen molar-refractivity contribution in [2.24, 2.45) is 22.2 Å². The molecule has 5 amide bonds. The Morgan fingerprint density at radius 3 is 2.27 bits per heavy atom. The molecule has 0 radical (unpaired) electrons. The highest BCUT2D eigenvalue weighted by Gasteiger charge is 2.66. The lowest BCUT2D eigenvalue weighted by Crippen LogP contribution is -2.64. The van der Waals surface area contributed by atoms with Crippen LogP contribution in [-0.4, -0.2) is 181 Å². The molecule has 2 aromatic carbocycles. The van der Waals surface area contributed by atoms with Crippen molar-refractivity contribution in [2.45, 2.75) is 187 Å². The van der Waals surface area contributed by atoms with Crippen LogP contribution in [0.4, 0.5) is 10.9 Å². The molecule has 4 bridgehead atoms. The molecule has 28 nitrogen and oxygen atoms in total. The van der Waals surface area contributed by atoms with Crippen molar-refractivity contribution in [3.05, 3.63) is 119 Å². The maximum Gasteiger partial charge on any atom is 0.355 e. The summed E-state index contributed by atoms with van der Waals surface area (Å²) in [6.45, 7) is 12.8. The molecule has 7 heterocycles. The third-order valence-corrected chi connectivity index (χ3v) is 21.5. The van der Waals surface area contributed by atoms with Crippen LogP contribution < -0.4 is 20.9 Å². The van der Waals surface area contributed by atoms with Crippen LogP contribution in [0.2, 0.25) is 0 Å². The van der Waals surface area contributed by atoms with E-state index in [1.54, 1.807) is 50.6 Å². The number of anilines is 2. The number of rotatable bonds is 27. The van der Waals surface area contributed by atoms with Gasteiger partial charge in [-0.2, -0.15) is 5.10 Å². The lowest BCUT2D eigenvalue weighted by Gasteiger charge is -2.69. The molecule has 4 aromatic heterocycles. The molecule has 4 aliphatic carbocycles. The first-order chi connectivity index (χ1) is 47.5. The third kappa shape index (κ3) is 14.9. The highest BCUT2D eigenvalue weighted by atomic mass is 32.1. The van der Waals surface area contributed by atoms with Gasteiger partial charge in [0.1, 0.15) is 43.3 Å². The first-order valence-electron chi connectivity index (χ1n) is 33.7. The van der Waals surface area contributed by atoms with Gasteiger partial charge in [0.25, 0.3) is 17.7 Å². The summed E-state index contributed by atoms with van der Waals surface area (Å²) in [5.74, 6) is -6.81. The molecular formula is C71H83N11O17S.